The lowest BCUT2D eigenvalue weighted by atomic mass is 10.1. The molecule has 0 heterocycles. The van der Waals surface area contributed by atoms with E-state index in [2.05, 4.69) is 43.4 Å². The minimum atomic E-state index is -3.40. The van der Waals surface area contributed by atoms with Gasteiger partial charge in [0.15, 0.2) is 0 Å². The third-order valence-corrected chi connectivity index (χ3v) is 6.14. The van der Waals surface area contributed by atoms with E-state index in [0.717, 1.165) is 6.42 Å². The number of nitrogens with zero attached hydrogens (tertiary/aromatic N) is 1. The highest BCUT2D eigenvalue weighted by atomic mass is 32.2. The number of rotatable bonds is 9. The predicted octanol–water partition coefficient (Wildman–Crippen LogP) is 3.23. The Morgan fingerprint density at radius 2 is 1.65 bits per heavy atom. The van der Waals surface area contributed by atoms with Crippen molar-refractivity contribution in [3.63, 3.8) is 0 Å². The summed E-state index contributed by atoms with van der Waals surface area (Å²) < 4.78 is 30.9. The molecule has 0 bridgehead atoms. The first-order valence-electron chi connectivity index (χ1n) is 8.82. The monoisotopic (exact) mass is 376 g/mol. The molecule has 2 aromatic carbocycles. The Morgan fingerprint density at radius 3 is 2.19 bits per heavy atom. The van der Waals surface area contributed by atoms with E-state index in [1.54, 1.807) is 24.3 Å². The summed E-state index contributed by atoms with van der Waals surface area (Å²) in [6.45, 7) is 5.49. The summed E-state index contributed by atoms with van der Waals surface area (Å²) in [5.41, 5.74) is 2.59. The van der Waals surface area contributed by atoms with Crippen molar-refractivity contribution >= 4 is 10.0 Å². The van der Waals surface area contributed by atoms with Gasteiger partial charge in [0.1, 0.15) is 12.4 Å². The Hall–Kier alpha value is -1.89. The van der Waals surface area contributed by atoms with Crippen LogP contribution in [0.15, 0.2) is 53.4 Å². The first kappa shape index (κ1) is 20.4. The van der Waals surface area contributed by atoms with E-state index in [-0.39, 0.29) is 10.9 Å². The van der Waals surface area contributed by atoms with Crippen molar-refractivity contribution in [1.82, 2.24) is 9.62 Å². The highest BCUT2D eigenvalue weighted by Gasteiger charge is 2.16. The second-order valence-corrected chi connectivity index (χ2v) is 8.53. The zero-order valence-electron chi connectivity index (χ0n) is 15.9. The van der Waals surface area contributed by atoms with E-state index in [1.807, 2.05) is 0 Å². The molecule has 0 saturated heterocycles. The van der Waals surface area contributed by atoms with Gasteiger partial charge in [-0.2, -0.15) is 0 Å². The fourth-order valence-corrected chi connectivity index (χ4v) is 3.42. The van der Waals surface area contributed by atoms with E-state index in [9.17, 15) is 8.42 Å². The summed E-state index contributed by atoms with van der Waals surface area (Å²) in [5.74, 6) is 0.657. The summed E-state index contributed by atoms with van der Waals surface area (Å²) in [4.78, 5) is 0.261. The van der Waals surface area contributed by atoms with E-state index in [0.29, 0.717) is 18.9 Å². The maximum Gasteiger partial charge on any atom is 0.242 e. The van der Waals surface area contributed by atoms with Crippen LogP contribution >= 0.6 is 0 Å². The third kappa shape index (κ3) is 5.30. The number of sulfonamides is 1. The van der Waals surface area contributed by atoms with E-state index in [1.165, 1.54) is 29.5 Å². The third-order valence-electron chi connectivity index (χ3n) is 4.31. The van der Waals surface area contributed by atoms with Crippen LogP contribution in [0.3, 0.4) is 0 Å². The van der Waals surface area contributed by atoms with Crippen LogP contribution in [0.2, 0.25) is 0 Å². The Kier molecular flexibility index (Phi) is 7.20. The fraction of sp³-hybridized carbons (Fsp3) is 0.400. The van der Waals surface area contributed by atoms with Gasteiger partial charge in [-0.3, -0.25) is 0 Å². The standard InChI is InChI=1S/C20H28N2O3S/c1-5-17-6-8-18(9-7-17)16(2)21-14-15-25-19-10-12-20(13-11-19)26(23,24)22(3)4/h6-13,16,21H,5,14-15H2,1-4H3. The first-order valence-corrected chi connectivity index (χ1v) is 10.3. The van der Waals surface area contributed by atoms with Crippen molar-refractivity contribution in [1.29, 1.82) is 0 Å². The Balaban J connectivity index is 1.80. The van der Waals surface area contributed by atoms with E-state index in [4.69, 9.17) is 4.74 Å². The molecule has 0 aliphatic heterocycles. The summed E-state index contributed by atoms with van der Waals surface area (Å²) in [6.07, 6.45) is 1.05. The highest BCUT2D eigenvalue weighted by molar-refractivity contribution is 7.89. The number of ether oxygens (including phenoxy) is 1. The lowest BCUT2D eigenvalue weighted by Crippen LogP contribution is -2.24. The van der Waals surface area contributed by atoms with Crippen LogP contribution < -0.4 is 10.1 Å². The van der Waals surface area contributed by atoms with Gasteiger partial charge < -0.3 is 10.1 Å². The maximum absolute atomic E-state index is 12.0. The van der Waals surface area contributed by atoms with E-state index >= 15 is 0 Å². The molecule has 142 valence electrons. The van der Waals surface area contributed by atoms with Crippen molar-refractivity contribution in [2.45, 2.75) is 31.2 Å². The maximum atomic E-state index is 12.0. The number of nitrogens with one attached hydrogen (secondary N) is 1. The number of hydrogen-bond donors (Lipinski definition) is 1. The van der Waals surface area contributed by atoms with Crippen LogP contribution in [0.5, 0.6) is 5.75 Å². The molecule has 0 aliphatic rings. The predicted molar refractivity (Wildman–Crippen MR) is 105 cm³/mol. The average Bonchev–Trinajstić information content (AvgIpc) is 2.65. The molecule has 1 unspecified atom stereocenters. The van der Waals surface area contributed by atoms with Crippen LogP contribution in [0.4, 0.5) is 0 Å². The van der Waals surface area contributed by atoms with Crippen LogP contribution in [0.25, 0.3) is 0 Å². The van der Waals surface area contributed by atoms with Gasteiger partial charge in [-0.1, -0.05) is 31.2 Å². The summed E-state index contributed by atoms with van der Waals surface area (Å²) >= 11 is 0. The van der Waals surface area contributed by atoms with Gasteiger partial charge in [0.2, 0.25) is 10.0 Å². The van der Waals surface area contributed by atoms with Crippen LogP contribution in [-0.2, 0) is 16.4 Å². The van der Waals surface area contributed by atoms with Gasteiger partial charge in [0.05, 0.1) is 4.90 Å². The molecule has 2 aromatic rings. The van der Waals surface area contributed by atoms with Gasteiger partial charge >= 0.3 is 0 Å². The SMILES string of the molecule is CCc1ccc(C(C)NCCOc2ccc(S(=O)(=O)N(C)C)cc2)cc1. The minimum Gasteiger partial charge on any atom is -0.492 e. The Labute approximate surface area is 157 Å². The lowest BCUT2D eigenvalue weighted by Gasteiger charge is -2.15. The highest BCUT2D eigenvalue weighted by Crippen LogP contribution is 2.18. The second kappa shape index (κ2) is 9.16. The summed E-state index contributed by atoms with van der Waals surface area (Å²) in [5, 5.41) is 3.43. The zero-order valence-corrected chi connectivity index (χ0v) is 16.7. The molecule has 26 heavy (non-hydrogen) atoms. The van der Waals surface area contributed by atoms with Crippen LogP contribution in [0, 0.1) is 0 Å². The lowest BCUT2D eigenvalue weighted by molar-refractivity contribution is 0.307. The summed E-state index contributed by atoms with van der Waals surface area (Å²) in [7, 11) is -0.368. The van der Waals surface area contributed by atoms with Crippen LogP contribution in [0.1, 0.15) is 31.0 Å². The van der Waals surface area contributed by atoms with Gasteiger partial charge in [-0.15, -0.1) is 0 Å². The molecule has 0 spiro atoms. The molecular weight excluding hydrogens is 348 g/mol. The summed E-state index contributed by atoms with van der Waals surface area (Å²) in [6, 6.07) is 15.4. The van der Waals surface area contributed by atoms with Crippen LogP contribution in [-0.4, -0.2) is 40.0 Å². The van der Waals surface area contributed by atoms with Gasteiger partial charge in [0, 0.05) is 26.7 Å². The quantitative estimate of drug-likeness (QED) is 0.683. The number of benzene rings is 2. The van der Waals surface area contributed by atoms with Gasteiger partial charge in [-0.05, 0) is 48.7 Å². The Morgan fingerprint density at radius 1 is 1.04 bits per heavy atom. The molecule has 0 aromatic heterocycles. The second-order valence-electron chi connectivity index (χ2n) is 6.38. The molecule has 0 amide bonds. The van der Waals surface area contributed by atoms with E-state index < -0.39 is 10.0 Å². The minimum absolute atomic E-state index is 0.247. The van der Waals surface area contributed by atoms with Gasteiger partial charge in [0.25, 0.3) is 0 Å². The smallest absolute Gasteiger partial charge is 0.242 e. The largest absolute Gasteiger partial charge is 0.492 e. The Bertz CT molecular complexity index is 785. The van der Waals surface area contributed by atoms with Crippen molar-refractivity contribution in [3.05, 3.63) is 59.7 Å². The molecule has 5 nitrogen and oxygen atoms in total. The fourth-order valence-electron chi connectivity index (χ4n) is 2.52. The normalized spacial score (nSPS) is 13.0. The molecule has 0 aliphatic carbocycles. The van der Waals surface area contributed by atoms with Gasteiger partial charge in [-0.25, -0.2) is 12.7 Å². The number of hydrogen-bond acceptors (Lipinski definition) is 4. The topological polar surface area (TPSA) is 58.6 Å². The zero-order chi connectivity index (χ0) is 19.2. The molecule has 6 heteroatoms. The molecule has 2 rings (SSSR count). The average molecular weight is 377 g/mol. The molecule has 1 N–H and O–H groups in total. The van der Waals surface area contributed by atoms with Crippen molar-refractivity contribution in [3.8, 4) is 5.75 Å². The first-order chi connectivity index (χ1) is 12.3. The molecular formula is C20H28N2O3S. The molecule has 0 fully saturated rings. The molecule has 1 atom stereocenters. The number of aryl methyl sites for hydroxylation is 1. The molecule has 0 saturated carbocycles. The molecule has 0 radical (unpaired) electrons. The van der Waals surface area contributed by atoms with Crippen molar-refractivity contribution in [2.75, 3.05) is 27.2 Å². The van der Waals surface area contributed by atoms with Crippen molar-refractivity contribution < 1.29 is 13.2 Å². The van der Waals surface area contributed by atoms with Crippen molar-refractivity contribution in [2.24, 2.45) is 0 Å².